The van der Waals surface area contributed by atoms with Crippen LogP contribution in [-0.4, -0.2) is 61.4 Å². The molecular weight excluding hydrogens is 512 g/mol. The van der Waals surface area contributed by atoms with Crippen LogP contribution in [0.2, 0.25) is 0 Å². The lowest BCUT2D eigenvalue weighted by atomic mass is 9.94. The second kappa shape index (κ2) is 12.3. The van der Waals surface area contributed by atoms with E-state index in [1.807, 2.05) is 42.5 Å². The van der Waals surface area contributed by atoms with E-state index < -0.39 is 12.2 Å². The van der Waals surface area contributed by atoms with Crippen molar-refractivity contribution < 1.29 is 38.7 Å². The van der Waals surface area contributed by atoms with Crippen molar-refractivity contribution in [2.75, 3.05) is 26.9 Å². The van der Waals surface area contributed by atoms with E-state index in [0.29, 0.717) is 38.4 Å². The number of methoxy groups -OCH3 is 1. The van der Waals surface area contributed by atoms with Crippen LogP contribution in [0.4, 0.5) is 0 Å². The van der Waals surface area contributed by atoms with Gasteiger partial charge in [-0.25, -0.2) is 0 Å². The zero-order valence-corrected chi connectivity index (χ0v) is 23.1. The van der Waals surface area contributed by atoms with Gasteiger partial charge in [0.25, 0.3) is 0 Å². The molecule has 0 spiro atoms. The number of aliphatic hydroxyl groups is 2. The van der Waals surface area contributed by atoms with Gasteiger partial charge < -0.3 is 33.9 Å². The predicted molar refractivity (Wildman–Crippen MR) is 149 cm³/mol. The monoisotopic (exact) mass is 548 g/mol. The molecule has 8 heteroatoms. The van der Waals surface area contributed by atoms with E-state index >= 15 is 0 Å². The third-order valence-electron chi connectivity index (χ3n) is 7.52. The molecule has 0 aliphatic carbocycles. The van der Waals surface area contributed by atoms with Crippen molar-refractivity contribution in [1.29, 1.82) is 0 Å². The fourth-order valence-electron chi connectivity index (χ4n) is 5.39. The van der Waals surface area contributed by atoms with Crippen molar-refractivity contribution >= 4 is 5.97 Å². The van der Waals surface area contributed by atoms with E-state index in [4.69, 9.17) is 23.7 Å². The smallest absolute Gasteiger partial charge is 0.306 e. The van der Waals surface area contributed by atoms with Gasteiger partial charge in [-0.3, -0.25) is 4.79 Å². The third-order valence-corrected chi connectivity index (χ3v) is 7.52. The molecule has 212 valence electrons. The molecular formula is C32H36O8. The van der Waals surface area contributed by atoms with Gasteiger partial charge in [0.15, 0.2) is 0 Å². The Kier molecular flexibility index (Phi) is 8.59. The molecule has 40 heavy (non-hydrogen) atoms. The van der Waals surface area contributed by atoms with E-state index in [1.54, 1.807) is 0 Å². The molecule has 2 heterocycles. The van der Waals surface area contributed by atoms with Crippen LogP contribution in [0.3, 0.4) is 0 Å². The van der Waals surface area contributed by atoms with Crippen LogP contribution in [0, 0.1) is 13.8 Å². The van der Waals surface area contributed by atoms with Crippen LogP contribution in [0.25, 0.3) is 11.1 Å². The molecule has 2 aliphatic heterocycles. The second-order valence-electron chi connectivity index (χ2n) is 10.5. The van der Waals surface area contributed by atoms with Gasteiger partial charge in [-0.2, -0.15) is 0 Å². The van der Waals surface area contributed by atoms with Gasteiger partial charge in [0.2, 0.25) is 0 Å². The average molecular weight is 549 g/mol. The highest BCUT2D eigenvalue weighted by Crippen LogP contribution is 2.39. The summed E-state index contributed by atoms with van der Waals surface area (Å²) in [5, 5.41) is 19.5. The first-order valence-corrected chi connectivity index (χ1v) is 13.6. The SMILES string of the molecule is COC(=O)CC1COc2cc(OCc3cccc(-c4c(C)cc(OC[C@H]5C[C@H](O)[C@H](O)CO5)cc4C)c3)ccc21. The molecule has 0 aromatic heterocycles. The van der Waals surface area contributed by atoms with Gasteiger partial charge in [0.1, 0.15) is 36.6 Å². The lowest BCUT2D eigenvalue weighted by Crippen LogP contribution is -2.43. The number of fused-ring (bicyclic) bond motifs is 1. The Morgan fingerprint density at radius 3 is 2.50 bits per heavy atom. The highest BCUT2D eigenvalue weighted by molar-refractivity contribution is 5.72. The minimum absolute atomic E-state index is 0.000961. The van der Waals surface area contributed by atoms with Crippen molar-refractivity contribution in [3.63, 3.8) is 0 Å². The van der Waals surface area contributed by atoms with Crippen LogP contribution in [-0.2, 0) is 20.9 Å². The number of hydrogen-bond donors (Lipinski definition) is 2. The van der Waals surface area contributed by atoms with Crippen LogP contribution < -0.4 is 14.2 Å². The van der Waals surface area contributed by atoms with Crippen molar-refractivity contribution in [3.05, 3.63) is 76.9 Å². The average Bonchev–Trinajstić information content (AvgIpc) is 3.34. The van der Waals surface area contributed by atoms with E-state index in [0.717, 1.165) is 44.9 Å². The Balaban J connectivity index is 1.22. The molecule has 1 saturated heterocycles. The Morgan fingerprint density at radius 1 is 0.950 bits per heavy atom. The predicted octanol–water partition coefficient (Wildman–Crippen LogP) is 4.48. The summed E-state index contributed by atoms with van der Waals surface area (Å²) in [5.74, 6) is 1.96. The minimum Gasteiger partial charge on any atom is -0.492 e. The number of rotatable bonds is 9. The molecule has 0 amide bonds. The number of benzene rings is 3. The van der Waals surface area contributed by atoms with Crippen LogP contribution in [0.1, 0.15) is 41.0 Å². The molecule has 4 atom stereocenters. The highest BCUT2D eigenvalue weighted by Gasteiger charge is 2.29. The highest BCUT2D eigenvalue weighted by atomic mass is 16.5. The van der Waals surface area contributed by atoms with E-state index in [-0.39, 0.29) is 24.6 Å². The molecule has 2 aliphatic rings. The van der Waals surface area contributed by atoms with E-state index in [9.17, 15) is 15.0 Å². The van der Waals surface area contributed by atoms with Gasteiger partial charge in [-0.15, -0.1) is 0 Å². The minimum atomic E-state index is -0.837. The largest absolute Gasteiger partial charge is 0.492 e. The van der Waals surface area contributed by atoms with E-state index in [2.05, 4.69) is 26.0 Å². The number of carbonyl (C=O) groups excluding carboxylic acids is 1. The summed E-state index contributed by atoms with van der Waals surface area (Å²) in [6, 6.07) is 18.1. The lowest BCUT2D eigenvalue weighted by Gasteiger charge is -2.30. The molecule has 3 aromatic rings. The summed E-state index contributed by atoms with van der Waals surface area (Å²) < 4.78 is 28.2. The first-order chi connectivity index (χ1) is 19.3. The summed E-state index contributed by atoms with van der Waals surface area (Å²) >= 11 is 0. The topological polar surface area (TPSA) is 104 Å². The summed E-state index contributed by atoms with van der Waals surface area (Å²) in [6.07, 6.45) is -1.23. The van der Waals surface area contributed by atoms with Gasteiger partial charge in [0, 0.05) is 24.0 Å². The summed E-state index contributed by atoms with van der Waals surface area (Å²) in [4.78, 5) is 11.7. The number of hydrogen-bond acceptors (Lipinski definition) is 8. The summed E-state index contributed by atoms with van der Waals surface area (Å²) in [6.45, 7) is 5.42. The van der Waals surface area contributed by atoms with Gasteiger partial charge >= 0.3 is 5.97 Å². The molecule has 0 bridgehead atoms. The molecule has 3 aromatic carbocycles. The summed E-state index contributed by atoms with van der Waals surface area (Å²) in [7, 11) is 1.40. The summed E-state index contributed by atoms with van der Waals surface area (Å²) in [5.41, 5.74) is 6.45. The zero-order valence-electron chi connectivity index (χ0n) is 23.1. The number of esters is 1. The molecule has 0 radical (unpaired) electrons. The van der Waals surface area contributed by atoms with Gasteiger partial charge in [0.05, 0.1) is 39.0 Å². The maximum absolute atomic E-state index is 11.7. The Morgan fingerprint density at radius 2 is 1.75 bits per heavy atom. The number of aliphatic hydroxyl groups excluding tert-OH is 2. The Labute approximate surface area is 234 Å². The molecule has 8 nitrogen and oxygen atoms in total. The Hall–Kier alpha value is -3.59. The molecule has 0 saturated carbocycles. The lowest BCUT2D eigenvalue weighted by molar-refractivity contribution is -0.141. The normalized spacial score (nSPS) is 21.8. The fraction of sp³-hybridized carbons (Fsp3) is 0.406. The maximum atomic E-state index is 11.7. The molecule has 2 N–H and O–H groups in total. The Bertz CT molecular complexity index is 1330. The quantitative estimate of drug-likeness (QED) is 0.378. The number of aryl methyl sites for hydroxylation is 2. The standard InChI is InChI=1S/C32H36O8/c1-19-9-25(38-17-26-13-28(33)29(34)18-39-26)10-20(2)32(19)22-6-4-5-21(11-22)15-37-24-7-8-27-23(12-31(35)36-3)16-40-30(27)14-24/h4-11,14,23,26,28-29,33-34H,12-13,15-18H2,1-3H3/t23?,26-,28+,29-/m1/s1. The van der Waals surface area contributed by atoms with Crippen molar-refractivity contribution in [2.24, 2.45) is 0 Å². The molecule has 5 rings (SSSR count). The van der Waals surface area contributed by atoms with E-state index in [1.165, 1.54) is 7.11 Å². The number of carbonyl (C=O) groups is 1. The molecule has 1 fully saturated rings. The maximum Gasteiger partial charge on any atom is 0.306 e. The zero-order chi connectivity index (χ0) is 28.2. The van der Waals surface area contributed by atoms with Crippen molar-refractivity contribution in [1.82, 2.24) is 0 Å². The molecule has 1 unspecified atom stereocenters. The second-order valence-corrected chi connectivity index (χ2v) is 10.5. The van der Waals surface area contributed by atoms with Crippen molar-refractivity contribution in [2.45, 2.75) is 57.5 Å². The van der Waals surface area contributed by atoms with Gasteiger partial charge in [-0.05, 0) is 65.9 Å². The fourth-order valence-corrected chi connectivity index (χ4v) is 5.39. The first kappa shape index (κ1) is 28.0. The van der Waals surface area contributed by atoms with Crippen LogP contribution in [0.15, 0.2) is 54.6 Å². The van der Waals surface area contributed by atoms with Gasteiger partial charge in [-0.1, -0.05) is 24.3 Å². The number of ether oxygens (including phenoxy) is 5. The first-order valence-electron chi connectivity index (χ1n) is 13.6. The van der Waals surface area contributed by atoms with Crippen LogP contribution >= 0.6 is 0 Å². The van der Waals surface area contributed by atoms with Crippen molar-refractivity contribution in [3.8, 4) is 28.4 Å². The van der Waals surface area contributed by atoms with Crippen LogP contribution in [0.5, 0.6) is 17.2 Å². The third kappa shape index (κ3) is 6.41.